The van der Waals surface area contributed by atoms with Crippen LogP contribution in [-0.4, -0.2) is 31.0 Å². The highest BCUT2D eigenvalue weighted by Crippen LogP contribution is 2.24. The van der Waals surface area contributed by atoms with Crippen molar-refractivity contribution in [1.82, 2.24) is 10.6 Å². The molecule has 0 unspecified atom stereocenters. The van der Waals surface area contributed by atoms with E-state index < -0.39 is 10.8 Å². The quantitative estimate of drug-likeness (QED) is 0.314. The number of carbonyl (C=O) groups excluding carboxylic acids is 1. The standard InChI is InChI=1S/C10H14N4O3.ClH/c1-12-5-6-13-10(15)7-3-2-4-8(9(7)11)14(16)17;/h2-4,12H,5-6,11H2,1H3,(H,13,15);1H. The van der Waals surface area contributed by atoms with Crippen LogP contribution in [-0.2, 0) is 0 Å². The van der Waals surface area contributed by atoms with Crippen molar-refractivity contribution < 1.29 is 9.72 Å². The van der Waals surface area contributed by atoms with Crippen molar-refractivity contribution in [3.05, 3.63) is 33.9 Å². The normalized spacial score (nSPS) is 9.39. The largest absolute Gasteiger partial charge is 0.393 e. The average Bonchev–Trinajstić information content (AvgIpc) is 2.29. The highest BCUT2D eigenvalue weighted by atomic mass is 35.5. The van der Waals surface area contributed by atoms with Crippen LogP contribution >= 0.6 is 12.4 Å². The van der Waals surface area contributed by atoms with E-state index in [-0.39, 0.29) is 29.3 Å². The van der Waals surface area contributed by atoms with Crippen LogP contribution in [0.2, 0.25) is 0 Å². The Labute approximate surface area is 110 Å². The summed E-state index contributed by atoms with van der Waals surface area (Å²) >= 11 is 0. The molecule has 8 heteroatoms. The van der Waals surface area contributed by atoms with E-state index >= 15 is 0 Å². The Hall–Kier alpha value is -1.86. The molecule has 100 valence electrons. The van der Waals surface area contributed by atoms with E-state index in [0.29, 0.717) is 13.1 Å². The molecule has 0 fully saturated rings. The van der Waals surface area contributed by atoms with E-state index in [9.17, 15) is 14.9 Å². The third kappa shape index (κ3) is 3.86. The van der Waals surface area contributed by atoms with Crippen molar-refractivity contribution in [1.29, 1.82) is 0 Å². The number of anilines is 1. The maximum atomic E-state index is 11.7. The van der Waals surface area contributed by atoms with E-state index in [1.807, 2.05) is 0 Å². The molecule has 0 saturated heterocycles. The topological polar surface area (TPSA) is 110 Å². The number of amides is 1. The molecule has 0 bridgehead atoms. The van der Waals surface area contributed by atoms with Crippen molar-refractivity contribution in [2.24, 2.45) is 0 Å². The summed E-state index contributed by atoms with van der Waals surface area (Å²) in [5.41, 5.74) is 5.32. The molecule has 18 heavy (non-hydrogen) atoms. The molecule has 0 saturated carbocycles. The predicted octanol–water partition coefficient (Wildman–Crippen LogP) is 0.548. The molecule has 0 spiro atoms. The van der Waals surface area contributed by atoms with Gasteiger partial charge in [0.2, 0.25) is 0 Å². The highest BCUT2D eigenvalue weighted by molar-refractivity contribution is 6.00. The molecule has 1 rings (SSSR count). The van der Waals surface area contributed by atoms with Crippen LogP contribution < -0.4 is 16.4 Å². The fourth-order valence-corrected chi connectivity index (χ4v) is 1.31. The second-order valence-electron chi connectivity index (χ2n) is 3.35. The summed E-state index contributed by atoms with van der Waals surface area (Å²) in [6, 6.07) is 4.15. The van der Waals surface area contributed by atoms with Gasteiger partial charge in [0.1, 0.15) is 5.69 Å². The number of nitrogens with one attached hydrogen (secondary N) is 2. The summed E-state index contributed by atoms with van der Waals surface area (Å²) in [4.78, 5) is 21.7. The number of benzene rings is 1. The predicted molar refractivity (Wildman–Crippen MR) is 71.0 cm³/mol. The monoisotopic (exact) mass is 274 g/mol. The molecule has 4 N–H and O–H groups in total. The zero-order chi connectivity index (χ0) is 12.8. The third-order valence-corrected chi connectivity index (χ3v) is 2.18. The summed E-state index contributed by atoms with van der Waals surface area (Å²) in [7, 11) is 1.76. The lowest BCUT2D eigenvalue weighted by atomic mass is 10.1. The smallest absolute Gasteiger partial charge is 0.292 e. The first kappa shape index (κ1) is 16.1. The van der Waals surface area contributed by atoms with Gasteiger partial charge in [-0.15, -0.1) is 12.4 Å². The van der Waals surface area contributed by atoms with Gasteiger partial charge in [-0.2, -0.15) is 0 Å². The summed E-state index contributed by atoms with van der Waals surface area (Å²) in [5, 5.41) is 16.1. The Balaban J connectivity index is 0.00000289. The minimum Gasteiger partial charge on any atom is -0.393 e. The van der Waals surface area contributed by atoms with Gasteiger partial charge in [0.15, 0.2) is 0 Å². The SMILES string of the molecule is CNCCNC(=O)c1cccc([N+](=O)[O-])c1N.Cl. The van der Waals surface area contributed by atoms with Gasteiger partial charge in [-0.05, 0) is 13.1 Å². The number of rotatable bonds is 5. The maximum absolute atomic E-state index is 11.7. The number of halogens is 1. The van der Waals surface area contributed by atoms with Gasteiger partial charge in [-0.1, -0.05) is 6.07 Å². The lowest BCUT2D eigenvalue weighted by molar-refractivity contribution is -0.383. The van der Waals surface area contributed by atoms with E-state index in [2.05, 4.69) is 10.6 Å². The number of carbonyl (C=O) groups is 1. The minimum absolute atomic E-state index is 0. The molecule has 0 aliphatic rings. The highest BCUT2D eigenvalue weighted by Gasteiger charge is 2.18. The number of hydrogen-bond donors (Lipinski definition) is 3. The Morgan fingerprint density at radius 1 is 1.44 bits per heavy atom. The number of nitrogen functional groups attached to an aromatic ring is 1. The second-order valence-corrected chi connectivity index (χ2v) is 3.35. The molecule has 1 amide bonds. The first-order chi connectivity index (χ1) is 8.07. The van der Waals surface area contributed by atoms with Crippen molar-refractivity contribution in [2.75, 3.05) is 25.9 Å². The number of hydrogen-bond acceptors (Lipinski definition) is 5. The first-order valence-corrected chi connectivity index (χ1v) is 5.03. The summed E-state index contributed by atoms with van der Waals surface area (Å²) in [5.74, 6) is -0.415. The second kappa shape index (κ2) is 7.46. The number of nitrogens with zero attached hydrogens (tertiary/aromatic N) is 1. The molecule has 0 atom stereocenters. The minimum atomic E-state index is -0.611. The lowest BCUT2D eigenvalue weighted by Crippen LogP contribution is -2.30. The van der Waals surface area contributed by atoms with Crippen LogP contribution in [0, 0.1) is 10.1 Å². The van der Waals surface area contributed by atoms with Crippen molar-refractivity contribution >= 4 is 29.7 Å². The summed E-state index contributed by atoms with van der Waals surface area (Å²) in [6.45, 7) is 1.04. The average molecular weight is 275 g/mol. The van der Waals surface area contributed by atoms with Gasteiger partial charge >= 0.3 is 0 Å². The van der Waals surface area contributed by atoms with E-state index in [1.165, 1.54) is 18.2 Å². The molecule has 0 heterocycles. The number of nitro benzene ring substituents is 1. The van der Waals surface area contributed by atoms with Gasteiger partial charge < -0.3 is 16.4 Å². The van der Waals surface area contributed by atoms with Crippen LogP contribution in [0.5, 0.6) is 0 Å². The Bertz CT molecular complexity index is 439. The molecule has 1 aromatic carbocycles. The van der Waals surface area contributed by atoms with Crippen molar-refractivity contribution in [2.45, 2.75) is 0 Å². The van der Waals surface area contributed by atoms with Gasteiger partial charge in [-0.3, -0.25) is 14.9 Å². The van der Waals surface area contributed by atoms with Crippen LogP contribution in [0.1, 0.15) is 10.4 Å². The molecular formula is C10H15ClN4O3. The molecule has 0 radical (unpaired) electrons. The number of para-hydroxylation sites is 1. The molecule has 1 aromatic rings. The fourth-order valence-electron chi connectivity index (χ4n) is 1.31. The molecule has 0 aliphatic carbocycles. The molecular weight excluding hydrogens is 260 g/mol. The molecule has 0 aromatic heterocycles. The van der Waals surface area contributed by atoms with Crippen LogP contribution in [0.15, 0.2) is 18.2 Å². The summed E-state index contributed by atoms with van der Waals surface area (Å²) < 4.78 is 0. The zero-order valence-corrected chi connectivity index (χ0v) is 10.6. The van der Waals surface area contributed by atoms with Gasteiger partial charge in [0.25, 0.3) is 11.6 Å². The van der Waals surface area contributed by atoms with E-state index in [1.54, 1.807) is 7.05 Å². The van der Waals surface area contributed by atoms with Gasteiger partial charge in [0, 0.05) is 19.2 Å². The van der Waals surface area contributed by atoms with E-state index in [4.69, 9.17) is 5.73 Å². The maximum Gasteiger partial charge on any atom is 0.292 e. The molecule has 0 aliphatic heterocycles. The van der Waals surface area contributed by atoms with Crippen LogP contribution in [0.3, 0.4) is 0 Å². The number of likely N-dealkylation sites (N-methyl/N-ethyl adjacent to an activating group) is 1. The van der Waals surface area contributed by atoms with Crippen LogP contribution in [0.25, 0.3) is 0 Å². The fraction of sp³-hybridized carbons (Fsp3) is 0.300. The first-order valence-electron chi connectivity index (χ1n) is 5.03. The third-order valence-electron chi connectivity index (χ3n) is 2.18. The van der Waals surface area contributed by atoms with Gasteiger partial charge in [0.05, 0.1) is 10.5 Å². The zero-order valence-electron chi connectivity index (χ0n) is 9.80. The van der Waals surface area contributed by atoms with Gasteiger partial charge in [-0.25, -0.2) is 0 Å². The lowest BCUT2D eigenvalue weighted by Gasteiger charge is -2.07. The van der Waals surface area contributed by atoms with Crippen molar-refractivity contribution in [3.8, 4) is 0 Å². The Morgan fingerprint density at radius 2 is 2.11 bits per heavy atom. The number of nitrogens with two attached hydrogens (primary N) is 1. The van der Waals surface area contributed by atoms with Crippen molar-refractivity contribution in [3.63, 3.8) is 0 Å². The summed E-state index contributed by atoms with van der Waals surface area (Å²) in [6.07, 6.45) is 0. The van der Waals surface area contributed by atoms with Crippen LogP contribution in [0.4, 0.5) is 11.4 Å². The number of nitro groups is 1. The van der Waals surface area contributed by atoms with E-state index in [0.717, 1.165) is 0 Å². The molecule has 7 nitrogen and oxygen atoms in total. The Kier molecular flexibility index (Phi) is 6.69. The Morgan fingerprint density at radius 3 is 2.67 bits per heavy atom.